The van der Waals surface area contributed by atoms with Gasteiger partial charge in [0.1, 0.15) is 0 Å². The van der Waals surface area contributed by atoms with Crippen LogP contribution in [0.2, 0.25) is 0 Å². The van der Waals surface area contributed by atoms with Gasteiger partial charge in [-0.05, 0) is 30.3 Å². The van der Waals surface area contributed by atoms with Gasteiger partial charge in [0.05, 0.1) is 0 Å². The molecule has 1 aliphatic rings. The summed E-state index contributed by atoms with van der Waals surface area (Å²) in [7, 11) is 0. The topological polar surface area (TPSA) is 20.3 Å². The van der Waals surface area contributed by atoms with Crippen LogP contribution < -0.4 is 4.90 Å². The van der Waals surface area contributed by atoms with Crippen molar-refractivity contribution in [3.63, 3.8) is 0 Å². The van der Waals surface area contributed by atoms with Crippen LogP contribution in [0.25, 0.3) is 0 Å². The Labute approximate surface area is 114 Å². The van der Waals surface area contributed by atoms with Crippen LogP contribution in [0.3, 0.4) is 0 Å². The van der Waals surface area contributed by atoms with Crippen LogP contribution in [-0.4, -0.2) is 30.1 Å². The SMILES string of the molecule is O=C1CCCN(CCSC(F)(F)F)c2ccccc21. The van der Waals surface area contributed by atoms with Gasteiger partial charge in [-0.15, -0.1) is 0 Å². The summed E-state index contributed by atoms with van der Waals surface area (Å²) in [6, 6.07) is 7.13. The molecule has 0 saturated heterocycles. The van der Waals surface area contributed by atoms with Gasteiger partial charge in [-0.2, -0.15) is 13.2 Å². The van der Waals surface area contributed by atoms with E-state index in [9.17, 15) is 18.0 Å². The summed E-state index contributed by atoms with van der Waals surface area (Å²) in [4.78, 5) is 13.7. The number of rotatable bonds is 3. The number of carbonyl (C=O) groups excluding carboxylic acids is 1. The molecule has 19 heavy (non-hydrogen) atoms. The van der Waals surface area contributed by atoms with Crippen molar-refractivity contribution in [3.05, 3.63) is 29.8 Å². The Kier molecular flexibility index (Phi) is 4.39. The second kappa shape index (κ2) is 5.86. The quantitative estimate of drug-likeness (QED) is 0.846. The number of anilines is 1. The lowest BCUT2D eigenvalue weighted by atomic mass is 10.1. The molecule has 1 aromatic carbocycles. The fourth-order valence-corrected chi connectivity index (χ4v) is 2.72. The monoisotopic (exact) mass is 289 g/mol. The predicted molar refractivity (Wildman–Crippen MR) is 70.7 cm³/mol. The van der Waals surface area contributed by atoms with Crippen LogP contribution in [0.1, 0.15) is 23.2 Å². The molecule has 0 atom stereocenters. The van der Waals surface area contributed by atoms with Crippen LogP contribution in [0, 0.1) is 0 Å². The van der Waals surface area contributed by atoms with Crippen LogP contribution in [0.15, 0.2) is 24.3 Å². The molecule has 0 spiro atoms. The van der Waals surface area contributed by atoms with Crippen LogP contribution in [0.5, 0.6) is 0 Å². The van der Waals surface area contributed by atoms with Crippen LogP contribution in [0.4, 0.5) is 18.9 Å². The molecular weight excluding hydrogens is 275 g/mol. The van der Waals surface area contributed by atoms with E-state index in [-0.39, 0.29) is 23.3 Å². The summed E-state index contributed by atoms with van der Waals surface area (Å²) < 4.78 is 36.4. The molecule has 0 bridgehead atoms. The Morgan fingerprint density at radius 3 is 2.74 bits per heavy atom. The summed E-state index contributed by atoms with van der Waals surface area (Å²) in [5, 5.41) is 0. The average Bonchev–Trinajstić information content (AvgIpc) is 2.49. The molecule has 2 rings (SSSR count). The molecule has 1 aliphatic heterocycles. The zero-order valence-electron chi connectivity index (χ0n) is 10.2. The maximum absolute atomic E-state index is 12.1. The van der Waals surface area contributed by atoms with E-state index in [1.165, 1.54) is 0 Å². The number of halogens is 3. The summed E-state index contributed by atoms with van der Waals surface area (Å²) in [5.41, 5.74) is -2.81. The van der Waals surface area contributed by atoms with Gasteiger partial charge in [0.15, 0.2) is 5.78 Å². The number of ketones is 1. The van der Waals surface area contributed by atoms with Gasteiger partial charge in [-0.1, -0.05) is 12.1 Å². The maximum atomic E-state index is 12.1. The van der Waals surface area contributed by atoms with Crippen molar-refractivity contribution in [2.24, 2.45) is 0 Å². The largest absolute Gasteiger partial charge is 0.441 e. The van der Waals surface area contributed by atoms with E-state index < -0.39 is 5.51 Å². The number of benzene rings is 1. The van der Waals surface area contributed by atoms with E-state index in [1.807, 2.05) is 4.90 Å². The highest BCUT2D eigenvalue weighted by Crippen LogP contribution is 2.31. The highest BCUT2D eigenvalue weighted by molar-refractivity contribution is 8.00. The lowest BCUT2D eigenvalue weighted by Crippen LogP contribution is -2.27. The second-order valence-electron chi connectivity index (χ2n) is 4.33. The molecular formula is C13H14F3NOS. The zero-order chi connectivity index (χ0) is 13.9. The van der Waals surface area contributed by atoms with Crippen molar-refractivity contribution in [3.8, 4) is 0 Å². The van der Waals surface area contributed by atoms with Gasteiger partial charge in [-0.3, -0.25) is 4.79 Å². The molecule has 0 aromatic heterocycles. The predicted octanol–water partition coefficient (Wildman–Crippen LogP) is 3.72. The number of alkyl halides is 3. The lowest BCUT2D eigenvalue weighted by Gasteiger charge is -2.24. The third kappa shape index (κ3) is 3.89. The number of thioether (sulfide) groups is 1. The fraction of sp³-hybridized carbons (Fsp3) is 0.462. The first kappa shape index (κ1) is 14.2. The number of nitrogens with zero attached hydrogens (tertiary/aromatic N) is 1. The molecule has 0 unspecified atom stereocenters. The number of Topliss-reactive ketones (excluding diaryl/α,β-unsaturated/α-hetero) is 1. The molecule has 2 nitrogen and oxygen atoms in total. The summed E-state index contributed by atoms with van der Waals surface area (Å²) >= 11 is -0.0171. The highest BCUT2D eigenvalue weighted by atomic mass is 32.2. The number of para-hydroxylation sites is 1. The molecule has 1 aromatic rings. The number of hydrogen-bond acceptors (Lipinski definition) is 3. The highest BCUT2D eigenvalue weighted by Gasteiger charge is 2.28. The first-order valence-corrected chi connectivity index (χ1v) is 7.04. The Hall–Kier alpha value is -1.17. The van der Waals surface area contributed by atoms with Gasteiger partial charge in [0.25, 0.3) is 0 Å². The molecule has 0 aliphatic carbocycles. The first-order chi connectivity index (χ1) is 8.97. The van der Waals surface area contributed by atoms with Crippen molar-refractivity contribution in [1.29, 1.82) is 0 Å². The van der Waals surface area contributed by atoms with E-state index in [2.05, 4.69) is 0 Å². The molecule has 0 saturated carbocycles. The van der Waals surface area contributed by atoms with Gasteiger partial charge < -0.3 is 4.90 Å². The standard InChI is InChI=1S/C13H14F3NOS/c14-13(15,16)19-9-8-17-7-3-6-12(18)10-4-1-2-5-11(10)17/h1-2,4-5H,3,6-9H2. The fourth-order valence-electron chi connectivity index (χ4n) is 2.17. The Morgan fingerprint density at radius 1 is 1.26 bits per heavy atom. The third-order valence-electron chi connectivity index (χ3n) is 3.00. The van der Waals surface area contributed by atoms with Crippen molar-refractivity contribution in [2.45, 2.75) is 18.3 Å². The van der Waals surface area contributed by atoms with Gasteiger partial charge in [0, 0.05) is 36.5 Å². The van der Waals surface area contributed by atoms with Crippen molar-refractivity contribution >= 4 is 23.2 Å². The molecule has 0 N–H and O–H groups in total. The molecule has 6 heteroatoms. The molecule has 1 heterocycles. The van der Waals surface area contributed by atoms with Crippen molar-refractivity contribution < 1.29 is 18.0 Å². The normalized spacial score (nSPS) is 16.2. The van der Waals surface area contributed by atoms with E-state index in [1.54, 1.807) is 24.3 Å². The van der Waals surface area contributed by atoms with E-state index in [0.29, 0.717) is 31.5 Å². The lowest BCUT2D eigenvalue weighted by molar-refractivity contribution is -0.0327. The van der Waals surface area contributed by atoms with Crippen molar-refractivity contribution in [1.82, 2.24) is 0 Å². The van der Waals surface area contributed by atoms with E-state index >= 15 is 0 Å². The average molecular weight is 289 g/mol. The van der Waals surface area contributed by atoms with Gasteiger partial charge in [-0.25, -0.2) is 0 Å². The number of hydrogen-bond donors (Lipinski definition) is 0. The summed E-state index contributed by atoms with van der Waals surface area (Å²) in [6.07, 6.45) is 1.14. The first-order valence-electron chi connectivity index (χ1n) is 6.05. The number of fused-ring (bicyclic) bond motifs is 1. The molecule has 104 valence electrons. The van der Waals surface area contributed by atoms with Crippen LogP contribution in [-0.2, 0) is 0 Å². The molecule has 0 fully saturated rings. The van der Waals surface area contributed by atoms with Crippen LogP contribution >= 0.6 is 11.8 Å². The minimum absolute atomic E-state index is 0.0171. The maximum Gasteiger partial charge on any atom is 0.441 e. The van der Waals surface area contributed by atoms with Gasteiger partial charge in [0.2, 0.25) is 0 Å². The van der Waals surface area contributed by atoms with E-state index in [4.69, 9.17) is 0 Å². The second-order valence-corrected chi connectivity index (χ2v) is 5.48. The summed E-state index contributed by atoms with van der Waals surface area (Å²) in [6.45, 7) is 0.926. The van der Waals surface area contributed by atoms with Crippen molar-refractivity contribution in [2.75, 3.05) is 23.7 Å². The molecule has 0 radical (unpaired) electrons. The Bertz CT molecular complexity index is 461. The Morgan fingerprint density at radius 2 is 2.00 bits per heavy atom. The van der Waals surface area contributed by atoms with E-state index in [0.717, 1.165) is 5.69 Å². The smallest absolute Gasteiger partial charge is 0.370 e. The minimum atomic E-state index is -4.19. The zero-order valence-corrected chi connectivity index (χ0v) is 11.1. The Balaban J connectivity index is 2.08. The minimum Gasteiger partial charge on any atom is -0.370 e. The molecule has 0 amide bonds. The van der Waals surface area contributed by atoms with Gasteiger partial charge >= 0.3 is 5.51 Å². The summed E-state index contributed by atoms with van der Waals surface area (Å²) in [5.74, 6) is 0.0491. The third-order valence-corrected chi connectivity index (χ3v) is 3.72. The number of carbonyl (C=O) groups is 1.